The smallest absolute Gasteiger partial charge is 0.252 e. The average molecular weight is 482 g/mol. The predicted octanol–water partition coefficient (Wildman–Crippen LogP) is 5.42. The van der Waals surface area contributed by atoms with Gasteiger partial charge in [0.15, 0.2) is 0 Å². The van der Waals surface area contributed by atoms with Crippen molar-refractivity contribution in [2.45, 2.75) is 37.6 Å². The van der Waals surface area contributed by atoms with Crippen LogP contribution in [0.1, 0.15) is 38.6 Å². The molecule has 1 amide bonds. The fourth-order valence-corrected chi connectivity index (χ4v) is 5.05. The van der Waals surface area contributed by atoms with E-state index < -0.39 is 0 Å². The summed E-state index contributed by atoms with van der Waals surface area (Å²) in [7, 11) is 0. The predicted molar refractivity (Wildman–Crippen MR) is 140 cm³/mol. The zero-order chi connectivity index (χ0) is 24.2. The van der Waals surface area contributed by atoms with E-state index in [4.69, 9.17) is 0 Å². The number of hydrogen-bond acceptors (Lipinski definition) is 4. The first-order valence-electron chi connectivity index (χ1n) is 11.6. The molecule has 3 heterocycles. The van der Waals surface area contributed by atoms with Crippen LogP contribution < -0.4 is 5.32 Å². The van der Waals surface area contributed by atoms with Crippen LogP contribution in [-0.4, -0.2) is 25.1 Å². The van der Waals surface area contributed by atoms with Gasteiger partial charge in [-0.25, -0.2) is 4.98 Å². The Kier molecular flexibility index (Phi) is 6.68. The number of fused-ring (bicyclic) bond motifs is 1. The molecule has 1 N–H and O–H groups in total. The summed E-state index contributed by atoms with van der Waals surface area (Å²) in [5.74, 6) is 0.618. The lowest BCUT2D eigenvalue weighted by Gasteiger charge is -2.11. The van der Waals surface area contributed by atoms with Crippen molar-refractivity contribution in [2.75, 3.05) is 0 Å². The Hall–Kier alpha value is -3.84. The Morgan fingerprint density at radius 3 is 2.63 bits per heavy atom. The van der Waals surface area contributed by atoms with Gasteiger partial charge >= 0.3 is 0 Å². The molecular formula is C28H27N5OS. The van der Waals surface area contributed by atoms with Crippen LogP contribution in [0.3, 0.4) is 0 Å². The molecule has 0 bridgehead atoms. The first-order valence-corrected chi connectivity index (χ1v) is 12.6. The van der Waals surface area contributed by atoms with Crippen molar-refractivity contribution in [2.24, 2.45) is 0 Å². The molecule has 6 nitrogen and oxygen atoms in total. The molecule has 0 saturated carbocycles. The van der Waals surface area contributed by atoms with Crippen molar-refractivity contribution in [3.05, 3.63) is 119 Å². The summed E-state index contributed by atoms with van der Waals surface area (Å²) in [5, 5.41) is 7.64. The second-order valence-electron chi connectivity index (χ2n) is 8.57. The maximum Gasteiger partial charge on any atom is 0.252 e. The highest BCUT2D eigenvalue weighted by Gasteiger charge is 2.12. The molecule has 2 aromatic carbocycles. The standard InChI is InChI=1S/C28H27N5OS/c1-20-14-21(2)33(31-20)17-23-9-7-8-22(15-23)16-29-28(34)25-10-3-4-11-26(25)35-19-24-18-32-13-6-5-12-27(32)30-24/h3-15,18H,16-17,19H2,1-2H3,(H,29,34). The Balaban J connectivity index is 1.23. The minimum Gasteiger partial charge on any atom is -0.348 e. The Labute approximate surface area is 209 Å². The van der Waals surface area contributed by atoms with Gasteiger partial charge in [0.1, 0.15) is 5.65 Å². The molecule has 176 valence electrons. The van der Waals surface area contributed by atoms with Crippen molar-refractivity contribution >= 4 is 23.3 Å². The van der Waals surface area contributed by atoms with Crippen molar-refractivity contribution in [1.29, 1.82) is 0 Å². The number of pyridine rings is 1. The lowest BCUT2D eigenvalue weighted by Crippen LogP contribution is -2.23. The molecule has 0 saturated heterocycles. The van der Waals surface area contributed by atoms with Gasteiger partial charge < -0.3 is 9.72 Å². The summed E-state index contributed by atoms with van der Waals surface area (Å²) in [5.41, 5.74) is 6.96. The maximum atomic E-state index is 13.1. The van der Waals surface area contributed by atoms with Gasteiger partial charge in [-0.2, -0.15) is 5.10 Å². The van der Waals surface area contributed by atoms with E-state index in [1.807, 2.05) is 83.0 Å². The molecule has 0 unspecified atom stereocenters. The number of rotatable bonds is 8. The molecule has 0 aliphatic rings. The topological polar surface area (TPSA) is 64.2 Å². The average Bonchev–Trinajstić information content (AvgIpc) is 3.43. The van der Waals surface area contributed by atoms with Gasteiger partial charge in [-0.3, -0.25) is 9.48 Å². The van der Waals surface area contributed by atoms with Crippen molar-refractivity contribution in [1.82, 2.24) is 24.5 Å². The van der Waals surface area contributed by atoms with Crippen molar-refractivity contribution in [3.63, 3.8) is 0 Å². The summed E-state index contributed by atoms with van der Waals surface area (Å²) < 4.78 is 4.01. The molecular weight excluding hydrogens is 454 g/mol. The van der Waals surface area contributed by atoms with E-state index in [-0.39, 0.29) is 5.91 Å². The van der Waals surface area contributed by atoms with Crippen LogP contribution in [0.4, 0.5) is 0 Å². The van der Waals surface area contributed by atoms with E-state index in [1.54, 1.807) is 11.8 Å². The molecule has 5 rings (SSSR count). The van der Waals surface area contributed by atoms with Gasteiger partial charge in [0, 0.05) is 35.3 Å². The number of benzene rings is 2. The van der Waals surface area contributed by atoms with Crippen LogP contribution >= 0.6 is 11.8 Å². The van der Waals surface area contributed by atoms with E-state index >= 15 is 0 Å². The number of nitrogens with zero attached hydrogens (tertiary/aromatic N) is 4. The Morgan fingerprint density at radius 2 is 1.80 bits per heavy atom. The lowest BCUT2D eigenvalue weighted by atomic mass is 10.1. The van der Waals surface area contributed by atoms with E-state index in [0.29, 0.717) is 24.4 Å². The lowest BCUT2D eigenvalue weighted by molar-refractivity contribution is 0.0948. The van der Waals surface area contributed by atoms with Crippen LogP contribution in [0.25, 0.3) is 5.65 Å². The second-order valence-corrected chi connectivity index (χ2v) is 9.59. The highest BCUT2D eigenvalue weighted by atomic mass is 32.2. The first-order chi connectivity index (χ1) is 17.0. The third kappa shape index (κ3) is 5.46. The summed E-state index contributed by atoms with van der Waals surface area (Å²) in [6, 6.07) is 24.0. The highest BCUT2D eigenvalue weighted by Crippen LogP contribution is 2.26. The van der Waals surface area contributed by atoms with Gasteiger partial charge in [-0.05, 0) is 55.3 Å². The summed E-state index contributed by atoms with van der Waals surface area (Å²) in [6.45, 7) is 5.25. The number of imidazole rings is 1. The molecule has 35 heavy (non-hydrogen) atoms. The van der Waals surface area contributed by atoms with E-state index in [0.717, 1.165) is 38.8 Å². The third-order valence-electron chi connectivity index (χ3n) is 5.80. The zero-order valence-electron chi connectivity index (χ0n) is 19.8. The number of thioether (sulfide) groups is 1. The number of carbonyl (C=O) groups is 1. The molecule has 0 spiro atoms. The molecule has 5 aromatic rings. The minimum absolute atomic E-state index is 0.0768. The normalized spacial score (nSPS) is 11.1. The van der Waals surface area contributed by atoms with Crippen molar-refractivity contribution in [3.8, 4) is 0 Å². The maximum absolute atomic E-state index is 13.1. The third-order valence-corrected chi connectivity index (χ3v) is 6.91. The van der Waals surface area contributed by atoms with Crippen LogP contribution in [0.15, 0.2) is 90.1 Å². The van der Waals surface area contributed by atoms with Crippen LogP contribution in [0, 0.1) is 13.8 Å². The molecule has 0 fully saturated rings. The SMILES string of the molecule is Cc1cc(C)n(Cc2cccc(CNC(=O)c3ccccc3SCc3cn4ccccc4n3)c2)n1. The number of aryl methyl sites for hydroxylation is 2. The monoisotopic (exact) mass is 481 g/mol. The number of nitrogens with one attached hydrogen (secondary N) is 1. The summed E-state index contributed by atoms with van der Waals surface area (Å²) in [6.07, 6.45) is 4.02. The second kappa shape index (κ2) is 10.2. The largest absolute Gasteiger partial charge is 0.348 e. The summed E-state index contributed by atoms with van der Waals surface area (Å²) in [4.78, 5) is 18.7. The number of carbonyl (C=O) groups excluding carboxylic acids is 1. The Bertz CT molecular complexity index is 1450. The van der Waals surface area contributed by atoms with Crippen molar-refractivity contribution < 1.29 is 4.79 Å². The van der Waals surface area contributed by atoms with Gasteiger partial charge in [-0.15, -0.1) is 11.8 Å². The molecule has 0 radical (unpaired) electrons. The number of aromatic nitrogens is 4. The molecule has 0 aliphatic heterocycles. The Morgan fingerprint density at radius 1 is 0.971 bits per heavy atom. The van der Waals surface area contributed by atoms with Crippen LogP contribution in [0.5, 0.6) is 0 Å². The summed E-state index contributed by atoms with van der Waals surface area (Å²) >= 11 is 1.63. The molecule has 0 atom stereocenters. The molecule has 7 heteroatoms. The van der Waals surface area contributed by atoms with E-state index in [1.165, 1.54) is 0 Å². The van der Waals surface area contributed by atoms with Crippen LogP contribution in [0.2, 0.25) is 0 Å². The highest BCUT2D eigenvalue weighted by molar-refractivity contribution is 7.98. The van der Waals surface area contributed by atoms with E-state index in [2.05, 4.69) is 40.5 Å². The quantitative estimate of drug-likeness (QED) is 0.301. The van der Waals surface area contributed by atoms with Gasteiger partial charge in [0.05, 0.1) is 23.5 Å². The zero-order valence-corrected chi connectivity index (χ0v) is 20.6. The number of amides is 1. The van der Waals surface area contributed by atoms with Crippen LogP contribution in [-0.2, 0) is 18.8 Å². The minimum atomic E-state index is -0.0768. The number of hydrogen-bond donors (Lipinski definition) is 1. The fourth-order valence-electron chi connectivity index (χ4n) is 4.11. The fraction of sp³-hybridized carbons (Fsp3) is 0.179. The first kappa shape index (κ1) is 22.9. The van der Waals surface area contributed by atoms with Gasteiger partial charge in [-0.1, -0.05) is 42.5 Å². The van der Waals surface area contributed by atoms with Gasteiger partial charge in [0.25, 0.3) is 5.91 Å². The van der Waals surface area contributed by atoms with E-state index in [9.17, 15) is 4.79 Å². The molecule has 0 aliphatic carbocycles. The molecule has 3 aromatic heterocycles. The van der Waals surface area contributed by atoms with Gasteiger partial charge in [0.2, 0.25) is 0 Å².